The number of ether oxygens (including phenoxy) is 1. The summed E-state index contributed by atoms with van der Waals surface area (Å²) in [6.07, 6.45) is 0. The minimum Gasteiger partial charge on any atom is -0.460 e. The molecule has 0 aliphatic heterocycles. The van der Waals surface area contributed by atoms with Gasteiger partial charge >= 0.3 is 5.97 Å². The number of esters is 1. The highest BCUT2D eigenvalue weighted by Gasteiger charge is 2.19. The first-order valence-corrected chi connectivity index (χ1v) is 6.03. The Bertz CT molecular complexity index is 605. The lowest BCUT2D eigenvalue weighted by Crippen LogP contribution is -2.16. The van der Waals surface area contributed by atoms with Crippen molar-refractivity contribution < 1.29 is 9.53 Å². The number of tetrazole rings is 1. The van der Waals surface area contributed by atoms with Crippen LogP contribution in [-0.2, 0) is 18.3 Å². The minimum atomic E-state index is -0.567. The van der Waals surface area contributed by atoms with Crippen molar-refractivity contribution in [3.8, 4) is 0 Å². The Morgan fingerprint density at radius 3 is 2.79 bits per heavy atom. The van der Waals surface area contributed by atoms with Crippen LogP contribution in [0.15, 0.2) is 0 Å². The van der Waals surface area contributed by atoms with E-state index in [0.29, 0.717) is 10.7 Å². The predicted octanol–water partition coefficient (Wildman–Crippen LogP) is 0.593. The van der Waals surface area contributed by atoms with Crippen molar-refractivity contribution in [2.45, 2.75) is 20.4 Å². The SMILES string of the molecule is CCOC(=O)c1nnnn1Cc1c(Cl)c(C)nn1C. The normalized spacial score (nSPS) is 10.7. The van der Waals surface area contributed by atoms with E-state index in [2.05, 4.69) is 20.6 Å². The average Bonchev–Trinajstić information content (AvgIpc) is 2.91. The first-order chi connectivity index (χ1) is 9.04. The molecule has 0 amide bonds. The zero-order chi connectivity index (χ0) is 14.0. The van der Waals surface area contributed by atoms with E-state index in [-0.39, 0.29) is 19.0 Å². The van der Waals surface area contributed by atoms with Crippen LogP contribution in [-0.4, -0.2) is 42.6 Å². The number of hydrogen-bond donors (Lipinski definition) is 0. The van der Waals surface area contributed by atoms with Crippen molar-refractivity contribution in [2.75, 3.05) is 6.61 Å². The number of aryl methyl sites for hydroxylation is 2. The van der Waals surface area contributed by atoms with Gasteiger partial charge in [0.15, 0.2) is 0 Å². The summed E-state index contributed by atoms with van der Waals surface area (Å²) in [5.74, 6) is -0.528. The fourth-order valence-electron chi connectivity index (χ4n) is 1.65. The molecule has 2 heterocycles. The lowest BCUT2D eigenvalue weighted by Gasteiger charge is -2.05. The van der Waals surface area contributed by atoms with Crippen molar-refractivity contribution in [3.05, 3.63) is 22.2 Å². The molecular formula is C10H13ClN6O2. The number of carbonyl (C=O) groups is 1. The zero-order valence-electron chi connectivity index (χ0n) is 10.8. The molecule has 9 heteroatoms. The van der Waals surface area contributed by atoms with Crippen LogP contribution in [0.4, 0.5) is 0 Å². The largest absolute Gasteiger partial charge is 0.460 e. The van der Waals surface area contributed by atoms with Crippen molar-refractivity contribution in [1.29, 1.82) is 0 Å². The number of halogens is 1. The van der Waals surface area contributed by atoms with E-state index in [1.165, 1.54) is 4.68 Å². The van der Waals surface area contributed by atoms with E-state index in [9.17, 15) is 4.79 Å². The fraction of sp³-hybridized carbons (Fsp3) is 0.500. The molecule has 0 saturated heterocycles. The summed E-state index contributed by atoms with van der Waals surface area (Å²) < 4.78 is 7.84. The second-order valence-electron chi connectivity index (χ2n) is 3.85. The summed E-state index contributed by atoms with van der Waals surface area (Å²) in [5, 5.41) is 15.6. The third kappa shape index (κ3) is 2.58. The molecule has 2 aromatic rings. The molecule has 19 heavy (non-hydrogen) atoms. The molecule has 0 N–H and O–H groups in total. The second-order valence-corrected chi connectivity index (χ2v) is 4.23. The molecule has 0 aliphatic rings. The van der Waals surface area contributed by atoms with Crippen LogP contribution in [0.2, 0.25) is 5.02 Å². The number of nitrogens with zero attached hydrogens (tertiary/aromatic N) is 6. The smallest absolute Gasteiger partial charge is 0.378 e. The Labute approximate surface area is 114 Å². The summed E-state index contributed by atoms with van der Waals surface area (Å²) in [7, 11) is 1.77. The molecule has 0 saturated carbocycles. The summed E-state index contributed by atoms with van der Waals surface area (Å²) in [6, 6.07) is 0. The Morgan fingerprint density at radius 1 is 1.47 bits per heavy atom. The van der Waals surface area contributed by atoms with Gasteiger partial charge in [-0.25, -0.2) is 9.48 Å². The van der Waals surface area contributed by atoms with E-state index < -0.39 is 5.97 Å². The van der Waals surface area contributed by atoms with Crippen LogP contribution in [0.1, 0.15) is 28.9 Å². The molecule has 0 aromatic carbocycles. The van der Waals surface area contributed by atoms with E-state index in [1.54, 1.807) is 25.6 Å². The maximum atomic E-state index is 11.7. The van der Waals surface area contributed by atoms with Gasteiger partial charge in [-0.2, -0.15) is 5.10 Å². The van der Waals surface area contributed by atoms with Gasteiger partial charge in [0.2, 0.25) is 0 Å². The fourth-order valence-corrected chi connectivity index (χ4v) is 1.87. The Balaban J connectivity index is 2.29. The highest BCUT2D eigenvalue weighted by Crippen LogP contribution is 2.20. The Kier molecular flexibility index (Phi) is 3.79. The summed E-state index contributed by atoms with van der Waals surface area (Å²) in [6.45, 7) is 4.03. The van der Waals surface area contributed by atoms with Crippen molar-refractivity contribution in [1.82, 2.24) is 30.0 Å². The predicted molar refractivity (Wildman–Crippen MR) is 65.8 cm³/mol. The lowest BCUT2D eigenvalue weighted by atomic mass is 10.3. The molecule has 0 spiro atoms. The van der Waals surface area contributed by atoms with Gasteiger partial charge in [-0.05, 0) is 24.3 Å². The van der Waals surface area contributed by atoms with Gasteiger partial charge < -0.3 is 4.74 Å². The van der Waals surface area contributed by atoms with Gasteiger partial charge in [-0.1, -0.05) is 11.6 Å². The maximum absolute atomic E-state index is 11.7. The number of hydrogen-bond acceptors (Lipinski definition) is 6. The van der Waals surface area contributed by atoms with E-state index in [1.807, 2.05) is 0 Å². The van der Waals surface area contributed by atoms with Crippen molar-refractivity contribution in [3.63, 3.8) is 0 Å². The number of aromatic nitrogens is 6. The molecule has 0 unspecified atom stereocenters. The Morgan fingerprint density at radius 2 is 2.21 bits per heavy atom. The molecule has 8 nitrogen and oxygen atoms in total. The third-order valence-electron chi connectivity index (χ3n) is 2.55. The first-order valence-electron chi connectivity index (χ1n) is 5.65. The second kappa shape index (κ2) is 5.35. The topological polar surface area (TPSA) is 87.7 Å². The highest BCUT2D eigenvalue weighted by atomic mass is 35.5. The monoisotopic (exact) mass is 284 g/mol. The molecular weight excluding hydrogens is 272 g/mol. The molecule has 0 radical (unpaired) electrons. The van der Waals surface area contributed by atoms with Crippen molar-refractivity contribution in [2.24, 2.45) is 7.05 Å². The zero-order valence-corrected chi connectivity index (χ0v) is 11.5. The van der Waals surface area contributed by atoms with Gasteiger partial charge in [0.25, 0.3) is 5.82 Å². The van der Waals surface area contributed by atoms with Crippen LogP contribution in [0.3, 0.4) is 0 Å². The van der Waals surface area contributed by atoms with E-state index in [0.717, 1.165) is 5.69 Å². The molecule has 0 bridgehead atoms. The first kappa shape index (κ1) is 13.5. The third-order valence-corrected chi connectivity index (χ3v) is 3.04. The van der Waals surface area contributed by atoms with E-state index >= 15 is 0 Å². The van der Waals surface area contributed by atoms with Gasteiger partial charge in [0.1, 0.15) is 0 Å². The molecule has 2 rings (SSSR count). The molecule has 0 fully saturated rings. The molecule has 0 atom stereocenters. The van der Waals surface area contributed by atoms with Crippen LogP contribution in [0.5, 0.6) is 0 Å². The van der Waals surface area contributed by atoms with Crippen LogP contribution >= 0.6 is 11.6 Å². The van der Waals surface area contributed by atoms with Gasteiger partial charge in [0.05, 0.1) is 29.6 Å². The van der Waals surface area contributed by atoms with Crippen LogP contribution in [0.25, 0.3) is 0 Å². The highest BCUT2D eigenvalue weighted by molar-refractivity contribution is 6.31. The lowest BCUT2D eigenvalue weighted by molar-refractivity contribution is 0.0505. The number of carbonyl (C=O) groups excluding carboxylic acids is 1. The van der Waals surface area contributed by atoms with E-state index in [4.69, 9.17) is 16.3 Å². The molecule has 0 aliphatic carbocycles. The standard InChI is InChI=1S/C10H13ClN6O2/c1-4-19-10(18)9-12-14-15-17(9)5-7-8(11)6(2)13-16(7)3/h4-5H2,1-3H3. The summed E-state index contributed by atoms with van der Waals surface area (Å²) in [4.78, 5) is 11.7. The maximum Gasteiger partial charge on any atom is 0.378 e. The van der Waals surface area contributed by atoms with Crippen molar-refractivity contribution >= 4 is 17.6 Å². The molecule has 2 aromatic heterocycles. The van der Waals surface area contributed by atoms with Gasteiger partial charge in [-0.3, -0.25) is 4.68 Å². The van der Waals surface area contributed by atoms with Gasteiger partial charge in [0, 0.05) is 7.05 Å². The van der Waals surface area contributed by atoms with Crippen LogP contribution in [0, 0.1) is 6.92 Å². The summed E-state index contributed by atoms with van der Waals surface area (Å²) in [5.41, 5.74) is 1.43. The average molecular weight is 285 g/mol. The quantitative estimate of drug-likeness (QED) is 0.764. The summed E-state index contributed by atoms with van der Waals surface area (Å²) >= 11 is 6.14. The minimum absolute atomic E-state index is 0.0387. The van der Waals surface area contributed by atoms with Gasteiger partial charge in [-0.15, -0.1) is 5.10 Å². The Hall–Kier alpha value is -1.96. The number of rotatable bonds is 4. The molecule has 102 valence electrons. The van der Waals surface area contributed by atoms with Crippen LogP contribution < -0.4 is 0 Å².